The lowest BCUT2D eigenvalue weighted by Crippen LogP contribution is -2.42. The number of hydrogen-bond donors (Lipinski definition) is 1. The molecule has 0 spiro atoms. The number of nitrogens with zero attached hydrogens (tertiary/aromatic N) is 4. The summed E-state index contributed by atoms with van der Waals surface area (Å²) in [4.78, 5) is 14.2. The van der Waals surface area contributed by atoms with E-state index in [9.17, 15) is 4.79 Å². The normalized spacial score (nSPS) is 23.5. The van der Waals surface area contributed by atoms with E-state index in [0.29, 0.717) is 17.8 Å². The Balaban J connectivity index is 1.49. The quantitative estimate of drug-likeness (QED) is 0.901. The topological polar surface area (TPSA) is 63.1 Å². The number of hydrogen-bond acceptors (Lipinski definition) is 4. The summed E-state index contributed by atoms with van der Waals surface area (Å²) in [6.07, 6.45) is 5.58. The molecule has 1 N–H and O–H groups in total. The van der Waals surface area contributed by atoms with Crippen molar-refractivity contribution in [3.05, 3.63) is 11.6 Å². The summed E-state index contributed by atoms with van der Waals surface area (Å²) in [5.41, 5.74) is 0. The van der Waals surface area contributed by atoms with Crippen molar-refractivity contribution in [2.45, 2.75) is 63.4 Å². The highest BCUT2D eigenvalue weighted by atomic mass is 32.2. The molecule has 2 atom stereocenters. The Morgan fingerprint density at radius 1 is 1.45 bits per heavy atom. The summed E-state index contributed by atoms with van der Waals surface area (Å²) in [6, 6.07) is 0.371. The molecule has 2 amide bonds. The lowest BCUT2D eigenvalue weighted by Gasteiger charge is -2.25. The molecule has 0 radical (unpaired) electrons. The zero-order valence-electron chi connectivity index (χ0n) is 13.4. The summed E-state index contributed by atoms with van der Waals surface area (Å²) in [5, 5.41) is 12.1. The molecule has 7 heteroatoms. The van der Waals surface area contributed by atoms with Crippen molar-refractivity contribution in [3.8, 4) is 0 Å². The molecule has 0 bridgehead atoms. The molecule has 6 nitrogen and oxygen atoms in total. The van der Waals surface area contributed by atoms with E-state index in [2.05, 4.69) is 27.0 Å². The van der Waals surface area contributed by atoms with Gasteiger partial charge in [0.1, 0.15) is 5.82 Å². The number of urea groups is 1. The van der Waals surface area contributed by atoms with Gasteiger partial charge < -0.3 is 14.8 Å². The van der Waals surface area contributed by atoms with Crippen LogP contribution in [-0.2, 0) is 19.5 Å². The van der Waals surface area contributed by atoms with Gasteiger partial charge in [0.15, 0.2) is 5.82 Å². The van der Waals surface area contributed by atoms with Crippen LogP contribution in [-0.4, -0.2) is 49.8 Å². The molecule has 0 aromatic carbocycles. The maximum absolute atomic E-state index is 12.3. The molecule has 1 aromatic rings. The van der Waals surface area contributed by atoms with Crippen molar-refractivity contribution < 1.29 is 4.79 Å². The third-order valence-electron chi connectivity index (χ3n) is 4.71. The van der Waals surface area contributed by atoms with Crippen LogP contribution in [0.4, 0.5) is 4.79 Å². The van der Waals surface area contributed by atoms with Crippen LogP contribution in [0.3, 0.4) is 0 Å². The van der Waals surface area contributed by atoms with Gasteiger partial charge in [-0.3, -0.25) is 0 Å². The summed E-state index contributed by atoms with van der Waals surface area (Å²) in [5.74, 6) is 3.08. The predicted octanol–water partition coefficient (Wildman–Crippen LogP) is 2.04. The first-order chi connectivity index (χ1) is 10.7. The summed E-state index contributed by atoms with van der Waals surface area (Å²) in [7, 11) is 1.91. The molecule has 22 heavy (non-hydrogen) atoms. The zero-order valence-corrected chi connectivity index (χ0v) is 14.2. The molecule has 1 aliphatic heterocycles. The molecular formula is C15H25N5OS. The fourth-order valence-electron chi connectivity index (χ4n) is 3.44. The maximum atomic E-state index is 12.3. The van der Waals surface area contributed by atoms with Gasteiger partial charge in [-0.2, -0.15) is 11.8 Å². The summed E-state index contributed by atoms with van der Waals surface area (Å²) >= 11 is 2.02. The van der Waals surface area contributed by atoms with E-state index in [1.54, 1.807) is 0 Å². The highest BCUT2D eigenvalue weighted by Gasteiger charge is 2.30. The van der Waals surface area contributed by atoms with Crippen LogP contribution in [0.1, 0.15) is 44.3 Å². The lowest BCUT2D eigenvalue weighted by atomic mass is 10.2. The highest BCUT2D eigenvalue weighted by molar-refractivity contribution is 7.99. The Hall–Kier alpha value is -1.24. The van der Waals surface area contributed by atoms with Gasteiger partial charge in [-0.25, -0.2) is 4.79 Å². The van der Waals surface area contributed by atoms with Crippen LogP contribution in [0.15, 0.2) is 0 Å². The summed E-state index contributed by atoms with van der Waals surface area (Å²) in [6.45, 7) is 3.64. The van der Waals surface area contributed by atoms with E-state index in [1.807, 2.05) is 23.7 Å². The third-order valence-corrected chi connectivity index (χ3v) is 5.94. The Labute approximate surface area is 136 Å². The number of aromatic nitrogens is 3. The SMILES string of the molecule is CCS[C@@H]1CC[C@@H](N(C)C(=O)NCc2nnc3n2CCC3)C1. The number of rotatable bonds is 5. The number of aryl methyl sites for hydroxylation is 1. The smallest absolute Gasteiger partial charge is 0.317 e. The molecule has 3 rings (SSSR count). The minimum absolute atomic E-state index is 0.00231. The van der Waals surface area contributed by atoms with Crippen molar-refractivity contribution in [3.63, 3.8) is 0 Å². The first-order valence-electron chi connectivity index (χ1n) is 8.22. The van der Waals surface area contributed by atoms with E-state index in [0.717, 1.165) is 49.6 Å². The van der Waals surface area contributed by atoms with E-state index in [4.69, 9.17) is 0 Å². The van der Waals surface area contributed by atoms with Crippen molar-refractivity contribution in [1.29, 1.82) is 0 Å². The molecule has 1 fully saturated rings. The molecule has 2 heterocycles. The van der Waals surface area contributed by atoms with E-state index in [1.165, 1.54) is 6.42 Å². The second-order valence-electron chi connectivity index (χ2n) is 6.10. The second-order valence-corrected chi connectivity index (χ2v) is 7.68. The first kappa shape index (κ1) is 15.6. The second kappa shape index (κ2) is 6.89. The van der Waals surface area contributed by atoms with Gasteiger partial charge in [0, 0.05) is 31.3 Å². The first-order valence-corrected chi connectivity index (χ1v) is 9.27. The number of nitrogens with one attached hydrogen (secondary N) is 1. The van der Waals surface area contributed by atoms with Crippen LogP contribution in [0.25, 0.3) is 0 Å². The monoisotopic (exact) mass is 323 g/mol. The van der Waals surface area contributed by atoms with Crippen molar-refractivity contribution in [1.82, 2.24) is 25.0 Å². The van der Waals surface area contributed by atoms with Gasteiger partial charge in [-0.05, 0) is 31.4 Å². The highest BCUT2D eigenvalue weighted by Crippen LogP contribution is 2.32. The number of carbonyl (C=O) groups excluding carboxylic acids is 1. The number of thioether (sulfide) groups is 1. The van der Waals surface area contributed by atoms with Gasteiger partial charge in [0.25, 0.3) is 0 Å². The number of fused-ring (bicyclic) bond motifs is 1. The van der Waals surface area contributed by atoms with Crippen LogP contribution in [0.2, 0.25) is 0 Å². The molecule has 1 aromatic heterocycles. The van der Waals surface area contributed by atoms with Crippen LogP contribution < -0.4 is 5.32 Å². The predicted molar refractivity (Wildman–Crippen MR) is 87.9 cm³/mol. The minimum Gasteiger partial charge on any atom is -0.331 e. The van der Waals surface area contributed by atoms with Gasteiger partial charge in [-0.1, -0.05) is 6.92 Å². The average Bonchev–Trinajstić information content (AvgIpc) is 3.21. The van der Waals surface area contributed by atoms with Crippen LogP contribution >= 0.6 is 11.8 Å². The van der Waals surface area contributed by atoms with Crippen molar-refractivity contribution >= 4 is 17.8 Å². The van der Waals surface area contributed by atoms with Gasteiger partial charge in [0.05, 0.1) is 6.54 Å². The Morgan fingerprint density at radius 3 is 3.14 bits per heavy atom. The minimum atomic E-state index is 0.00231. The van der Waals surface area contributed by atoms with Crippen LogP contribution in [0.5, 0.6) is 0 Å². The Kier molecular flexibility index (Phi) is 4.90. The standard InChI is InChI=1S/C15H25N5OS/c1-3-22-12-7-6-11(9-12)19(2)15(21)16-10-14-18-17-13-5-4-8-20(13)14/h11-12H,3-10H2,1-2H3,(H,16,21)/t11-,12-/m1/s1. The molecule has 2 aliphatic rings. The summed E-state index contributed by atoms with van der Waals surface area (Å²) < 4.78 is 2.13. The van der Waals surface area contributed by atoms with Gasteiger partial charge in [0.2, 0.25) is 0 Å². The molecule has 0 saturated heterocycles. The third kappa shape index (κ3) is 3.24. The largest absolute Gasteiger partial charge is 0.331 e. The molecular weight excluding hydrogens is 298 g/mol. The van der Waals surface area contributed by atoms with E-state index in [-0.39, 0.29) is 6.03 Å². The number of amides is 2. The van der Waals surface area contributed by atoms with E-state index < -0.39 is 0 Å². The molecule has 1 aliphatic carbocycles. The fourth-order valence-corrected chi connectivity index (χ4v) is 4.58. The fraction of sp³-hybridized carbons (Fsp3) is 0.800. The Morgan fingerprint density at radius 2 is 2.32 bits per heavy atom. The Bertz CT molecular complexity index is 532. The molecule has 1 saturated carbocycles. The zero-order chi connectivity index (χ0) is 15.5. The average molecular weight is 323 g/mol. The van der Waals surface area contributed by atoms with Crippen molar-refractivity contribution in [2.75, 3.05) is 12.8 Å². The van der Waals surface area contributed by atoms with Crippen molar-refractivity contribution in [2.24, 2.45) is 0 Å². The lowest BCUT2D eigenvalue weighted by molar-refractivity contribution is 0.190. The van der Waals surface area contributed by atoms with E-state index >= 15 is 0 Å². The van der Waals surface area contributed by atoms with Gasteiger partial charge >= 0.3 is 6.03 Å². The maximum Gasteiger partial charge on any atom is 0.317 e. The molecule has 122 valence electrons. The van der Waals surface area contributed by atoms with Gasteiger partial charge in [-0.15, -0.1) is 10.2 Å². The molecule has 0 unspecified atom stereocenters. The van der Waals surface area contributed by atoms with Crippen LogP contribution in [0, 0.1) is 0 Å². The number of carbonyl (C=O) groups is 1.